The summed E-state index contributed by atoms with van der Waals surface area (Å²) in [4.78, 5) is 23.9. The Morgan fingerprint density at radius 3 is 2.85 bits per heavy atom. The summed E-state index contributed by atoms with van der Waals surface area (Å²) in [6.07, 6.45) is 1.64. The normalized spacial score (nSPS) is 17.6. The standard InChI is InChI=1S/C20H25NO6/c22-18(14-16-6-2-1-3-7-16)9-8-17-10-13-27-20(25)21(17)11-4-5-12-26-15-19(23)24/h1-3,6-7,17-18,22H,8-15H2,(H,23,24). The molecule has 1 fully saturated rings. The molecule has 1 aliphatic heterocycles. The van der Waals surface area contributed by atoms with E-state index in [1.807, 2.05) is 30.3 Å². The quantitative estimate of drug-likeness (QED) is 0.504. The van der Waals surface area contributed by atoms with Crippen LogP contribution in [0.15, 0.2) is 30.3 Å². The molecule has 2 atom stereocenters. The molecule has 0 aliphatic carbocycles. The van der Waals surface area contributed by atoms with E-state index < -0.39 is 24.8 Å². The van der Waals surface area contributed by atoms with Crippen LogP contribution < -0.4 is 0 Å². The smallest absolute Gasteiger partial charge is 0.410 e. The van der Waals surface area contributed by atoms with Crippen LogP contribution in [0.3, 0.4) is 0 Å². The SMILES string of the molecule is O=C(O)COCC#CCN1C(=O)OCCC1CCC(O)Cc1ccccc1. The van der Waals surface area contributed by atoms with Gasteiger partial charge in [0.2, 0.25) is 0 Å². The molecular weight excluding hydrogens is 350 g/mol. The maximum absolute atomic E-state index is 12.0. The Morgan fingerprint density at radius 2 is 2.11 bits per heavy atom. The molecule has 1 heterocycles. The van der Waals surface area contributed by atoms with Crippen LogP contribution in [0.4, 0.5) is 4.79 Å². The Hall–Kier alpha value is -2.56. The number of carboxylic acid groups (broad SMARTS) is 1. The highest BCUT2D eigenvalue weighted by Crippen LogP contribution is 2.19. The molecule has 2 N–H and O–H groups in total. The number of aliphatic hydroxyl groups is 1. The number of carbonyl (C=O) groups is 2. The molecule has 7 heteroatoms. The van der Waals surface area contributed by atoms with Gasteiger partial charge in [-0.2, -0.15) is 0 Å². The first-order valence-electron chi connectivity index (χ1n) is 8.97. The van der Waals surface area contributed by atoms with Crippen molar-refractivity contribution in [1.29, 1.82) is 0 Å². The Labute approximate surface area is 158 Å². The lowest BCUT2D eigenvalue weighted by Gasteiger charge is -2.34. The monoisotopic (exact) mass is 375 g/mol. The van der Waals surface area contributed by atoms with Crippen molar-refractivity contribution in [2.75, 3.05) is 26.4 Å². The van der Waals surface area contributed by atoms with Gasteiger partial charge >= 0.3 is 12.1 Å². The van der Waals surface area contributed by atoms with E-state index in [0.717, 1.165) is 5.56 Å². The van der Waals surface area contributed by atoms with E-state index in [1.54, 1.807) is 4.90 Å². The number of carbonyl (C=O) groups excluding carboxylic acids is 1. The zero-order valence-electron chi connectivity index (χ0n) is 15.2. The Kier molecular flexibility index (Phi) is 8.62. The second-order valence-electron chi connectivity index (χ2n) is 6.35. The molecule has 1 aromatic carbocycles. The number of hydrogen-bond acceptors (Lipinski definition) is 5. The molecule has 0 saturated carbocycles. The number of ether oxygens (including phenoxy) is 2. The highest BCUT2D eigenvalue weighted by Gasteiger charge is 2.29. The van der Waals surface area contributed by atoms with Gasteiger partial charge in [-0.1, -0.05) is 42.2 Å². The van der Waals surface area contributed by atoms with Gasteiger partial charge in [0.15, 0.2) is 0 Å². The zero-order chi connectivity index (χ0) is 19.5. The number of rotatable bonds is 9. The van der Waals surface area contributed by atoms with Crippen molar-refractivity contribution in [2.24, 2.45) is 0 Å². The molecule has 0 radical (unpaired) electrons. The summed E-state index contributed by atoms with van der Waals surface area (Å²) in [5.41, 5.74) is 1.08. The molecule has 1 saturated heterocycles. The Balaban J connectivity index is 1.79. The summed E-state index contributed by atoms with van der Waals surface area (Å²) in [5.74, 6) is 4.45. The van der Waals surface area contributed by atoms with Gasteiger partial charge in [0.05, 0.1) is 19.3 Å². The summed E-state index contributed by atoms with van der Waals surface area (Å²) in [5, 5.41) is 18.8. The van der Waals surface area contributed by atoms with Crippen LogP contribution in [0.1, 0.15) is 24.8 Å². The highest BCUT2D eigenvalue weighted by molar-refractivity contribution is 5.69. The number of aliphatic carboxylic acids is 1. The van der Waals surface area contributed by atoms with Crippen LogP contribution in [0, 0.1) is 11.8 Å². The summed E-state index contributed by atoms with van der Waals surface area (Å²) < 4.78 is 9.91. The number of benzene rings is 1. The number of carboxylic acids is 1. The zero-order valence-corrected chi connectivity index (χ0v) is 15.2. The van der Waals surface area contributed by atoms with E-state index in [9.17, 15) is 14.7 Å². The van der Waals surface area contributed by atoms with Gasteiger partial charge in [0, 0.05) is 12.5 Å². The van der Waals surface area contributed by atoms with Gasteiger partial charge in [-0.05, 0) is 24.8 Å². The van der Waals surface area contributed by atoms with E-state index in [-0.39, 0.29) is 19.2 Å². The van der Waals surface area contributed by atoms with Crippen molar-refractivity contribution in [3.8, 4) is 11.8 Å². The summed E-state index contributed by atoms with van der Waals surface area (Å²) >= 11 is 0. The highest BCUT2D eigenvalue weighted by atomic mass is 16.6. The minimum atomic E-state index is -1.05. The van der Waals surface area contributed by atoms with Crippen LogP contribution in [0.2, 0.25) is 0 Å². The average molecular weight is 375 g/mol. The first-order valence-corrected chi connectivity index (χ1v) is 8.97. The molecule has 0 aromatic heterocycles. The van der Waals surface area contributed by atoms with E-state index >= 15 is 0 Å². The van der Waals surface area contributed by atoms with E-state index in [1.165, 1.54) is 0 Å². The van der Waals surface area contributed by atoms with Gasteiger partial charge in [0.1, 0.15) is 13.2 Å². The number of cyclic esters (lactones) is 1. The maximum atomic E-state index is 12.0. The average Bonchev–Trinajstić information content (AvgIpc) is 2.65. The molecule has 1 aromatic rings. The van der Waals surface area contributed by atoms with Crippen molar-refractivity contribution in [1.82, 2.24) is 4.90 Å². The molecule has 27 heavy (non-hydrogen) atoms. The molecule has 1 aliphatic rings. The predicted octanol–water partition coefficient (Wildman–Crippen LogP) is 1.69. The van der Waals surface area contributed by atoms with Gasteiger partial charge in [0.25, 0.3) is 0 Å². The van der Waals surface area contributed by atoms with E-state index in [0.29, 0.717) is 32.3 Å². The first-order chi connectivity index (χ1) is 13.1. The molecule has 0 bridgehead atoms. The Morgan fingerprint density at radius 1 is 1.33 bits per heavy atom. The van der Waals surface area contributed by atoms with Gasteiger partial charge in [-0.25, -0.2) is 9.59 Å². The molecule has 146 valence electrons. The van der Waals surface area contributed by atoms with Crippen LogP contribution in [0.5, 0.6) is 0 Å². The van der Waals surface area contributed by atoms with Crippen molar-refractivity contribution >= 4 is 12.1 Å². The van der Waals surface area contributed by atoms with Gasteiger partial charge in [-0.3, -0.25) is 4.90 Å². The molecule has 2 rings (SSSR count). The second-order valence-corrected chi connectivity index (χ2v) is 6.35. The van der Waals surface area contributed by atoms with Gasteiger partial charge < -0.3 is 19.7 Å². The summed E-state index contributed by atoms with van der Waals surface area (Å²) in [6, 6.07) is 9.76. The van der Waals surface area contributed by atoms with Gasteiger partial charge in [-0.15, -0.1) is 0 Å². The van der Waals surface area contributed by atoms with Crippen LogP contribution in [0.25, 0.3) is 0 Å². The summed E-state index contributed by atoms with van der Waals surface area (Å²) in [7, 11) is 0. The fraction of sp³-hybridized carbons (Fsp3) is 0.500. The lowest BCUT2D eigenvalue weighted by Crippen LogP contribution is -2.46. The number of hydrogen-bond donors (Lipinski definition) is 2. The van der Waals surface area contributed by atoms with Crippen molar-refractivity contribution in [2.45, 2.75) is 37.8 Å². The molecule has 0 spiro atoms. The van der Waals surface area contributed by atoms with E-state index in [4.69, 9.17) is 14.6 Å². The predicted molar refractivity (Wildman–Crippen MR) is 98.1 cm³/mol. The largest absolute Gasteiger partial charge is 0.480 e. The van der Waals surface area contributed by atoms with Crippen molar-refractivity contribution in [3.05, 3.63) is 35.9 Å². The van der Waals surface area contributed by atoms with Crippen molar-refractivity contribution in [3.63, 3.8) is 0 Å². The van der Waals surface area contributed by atoms with Crippen molar-refractivity contribution < 1.29 is 29.3 Å². The minimum Gasteiger partial charge on any atom is -0.480 e. The number of amides is 1. The topological polar surface area (TPSA) is 96.3 Å². The first kappa shape index (κ1) is 20.7. The molecule has 2 unspecified atom stereocenters. The number of aliphatic hydroxyl groups excluding tert-OH is 1. The maximum Gasteiger partial charge on any atom is 0.410 e. The third-order valence-corrected chi connectivity index (χ3v) is 4.27. The number of nitrogens with zero attached hydrogens (tertiary/aromatic N) is 1. The van der Waals surface area contributed by atoms with E-state index in [2.05, 4.69) is 11.8 Å². The Bertz CT molecular complexity index is 666. The molecular formula is C20H25NO6. The molecule has 7 nitrogen and oxygen atoms in total. The van der Waals surface area contributed by atoms with Crippen LogP contribution >= 0.6 is 0 Å². The molecule has 1 amide bonds. The third kappa shape index (κ3) is 7.69. The van der Waals surface area contributed by atoms with Crippen LogP contribution in [-0.2, 0) is 20.7 Å². The lowest BCUT2D eigenvalue weighted by atomic mass is 9.99. The lowest BCUT2D eigenvalue weighted by molar-refractivity contribution is -0.141. The second kappa shape index (κ2) is 11.2. The third-order valence-electron chi connectivity index (χ3n) is 4.27. The van der Waals surface area contributed by atoms with Crippen LogP contribution in [-0.4, -0.2) is 65.7 Å². The summed E-state index contributed by atoms with van der Waals surface area (Å²) in [6.45, 7) is 0.149. The fourth-order valence-corrected chi connectivity index (χ4v) is 2.92. The fourth-order valence-electron chi connectivity index (χ4n) is 2.92. The minimum absolute atomic E-state index is 0.00432.